The average molecular weight is 222 g/mol. The molecular formula is C10H10N2O2S. The predicted molar refractivity (Wildman–Crippen MR) is 56.9 cm³/mol. The summed E-state index contributed by atoms with van der Waals surface area (Å²) < 4.78 is 11.0. The van der Waals surface area contributed by atoms with Gasteiger partial charge in [-0.15, -0.1) is 0 Å². The standard InChI is InChI=1S/C10H10N2O2S/c1-15-10-11-4-7-6-2-3-13-5-8(6)14-9(7)12-10/h4H,2-3,5H2,1H3. The first-order chi connectivity index (χ1) is 7.38. The maximum atomic E-state index is 5.64. The predicted octanol–water partition coefficient (Wildman–Crippen LogP) is 2.02. The Morgan fingerprint density at radius 1 is 1.47 bits per heavy atom. The Bertz CT molecular complexity index is 509. The lowest BCUT2D eigenvalue weighted by molar-refractivity contribution is 0.0951. The van der Waals surface area contributed by atoms with Gasteiger partial charge in [-0.2, -0.15) is 4.98 Å². The highest BCUT2D eigenvalue weighted by Crippen LogP contribution is 2.28. The van der Waals surface area contributed by atoms with Gasteiger partial charge in [-0.3, -0.25) is 0 Å². The van der Waals surface area contributed by atoms with Crippen LogP contribution in [0.4, 0.5) is 0 Å². The van der Waals surface area contributed by atoms with Crippen molar-refractivity contribution in [2.45, 2.75) is 18.2 Å². The van der Waals surface area contributed by atoms with E-state index in [0.29, 0.717) is 12.3 Å². The van der Waals surface area contributed by atoms with Gasteiger partial charge in [0.1, 0.15) is 12.4 Å². The van der Waals surface area contributed by atoms with Gasteiger partial charge in [0.2, 0.25) is 5.71 Å². The molecule has 4 nitrogen and oxygen atoms in total. The summed E-state index contributed by atoms with van der Waals surface area (Å²) in [7, 11) is 0. The van der Waals surface area contributed by atoms with Gasteiger partial charge in [-0.25, -0.2) is 4.98 Å². The molecule has 0 radical (unpaired) electrons. The first kappa shape index (κ1) is 9.18. The molecule has 0 saturated heterocycles. The molecule has 1 aliphatic heterocycles. The third-order valence-corrected chi connectivity index (χ3v) is 3.09. The van der Waals surface area contributed by atoms with E-state index < -0.39 is 0 Å². The number of thioether (sulfide) groups is 1. The Balaban J connectivity index is 2.22. The van der Waals surface area contributed by atoms with Crippen LogP contribution in [-0.4, -0.2) is 22.8 Å². The van der Waals surface area contributed by atoms with Gasteiger partial charge in [-0.1, -0.05) is 11.8 Å². The molecule has 0 unspecified atom stereocenters. The van der Waals surface area contributed by atoms with Crippen LogP contribution in [0.5, 0.6) is 0 Å². The van der Waals surface area contributed by atoms with Crippen LogP contribution in [0.3, 0.4) is 0 Å². The van der Waals surface area contributed by atoms with Crippen molar-refractivity contribution < 1.29 is 9.15 Å². The quantitative estimate of drug-likeness (QED) is 0.545. The second-order valence-electron chi connectivity index (χ2n) is 3.38. The maximum absolute atomic E-state index is 5.64. The van der Waals surface area contributed by atoms with Crippen molar-refractivity contribution in [3.05, 3.63) is 17.5 Å². The molecule has 0 bridgehead atoms. The minimum Gasteiger partial charge on any atom is -0.440 e. The minimum absolute atomic E-state index is 0.556. The molecule has 0 atom stereocenters. The summed E-state index contributed by atoms with van der Waals surface area (Å²) in [5.74, 6) is 0.906. The van der Waals surface area contributed by atoms with Crippen LogP contribution >= 0.6 is 11.8 Å². The maximum Gasteiger partial charge on any atom is 0.230 e. The lowest BCUT2D eigenvalue weighted by Crippen LogP contribution is -2.07. The zero-order valence-electron chi connectivity index (χ0n) is 8.32. The Hall–Kier alpha value is -1.07. The first-order valence-corrected chi connectivity index (χ1v) is 6.00. The molecule has 0 spiro atoms. The number of nitrogens with zero attached hydrogens (tertiary/aromatic N) is 2. The number of rotatable bonds is 1. The van der Waals surface area contributed by atoms with E-state index in [0.717, 1.165) is 29.3 Å². The third-order valence-electron chi connectivity index (χ3n) is 2.53. The molecular weight excluding hydrogens is 212 g/mol. The number of hydrogen-bond donors (Lipinski definition) is 0. The highest BCUT2D eigenvalue weighted by molar-refractivity contribution is 7.98. The Morgan fingerprint density at radius 2 is 2.40 bits per heavy atom. The second kappa shape index (κ2) is 3.50. The van der Waals surface area contributed by atoms with Crippen molar-refractivity contribution in [2.75, 3.05) is 12.9 Å². The van der Waals surface area contributed by atoms with Crippen molar-refractivity contribution in [2.24, 2.45) is 0 Å². The Labute approximate surface area is 91.0 Å². The SMILES string of the molecule is CSc1ncc2c3c(oc2n1)COCC3. The summed E-state index contributed by atoms with van der Waals surface area (Å²) in [5.41, 5.74) is 1.90. The summed E-state index contributed by atoms with van der Waals surface area (Å²) >= 11 is 1.52. The van der Waals surface area contributed by atoms with Crippen molar-refractivity contribution in [3.8, 4) is 0 Å². The third kappa shape index (κ3) is 1.42. The van der Waals surface area contributed by atoms with E-state index in [1.54, 1.807) is 0 Å². The molecule has 2 aromatic rings. The van der Waals surface area contributed by atoms with Crippen LogP contribution in [-0.2, 0) is 17.8 Å². The van der Waals surface area contributed by atoms with E-state index in [1.165, 1.54) is 17.3 Å². The van der Waals surface area contributed by atoms with Crippen LogP contribution in [0.2, 0.25) is 0 Å². The second-order valence-corrected chi connectivity index (χ2v) is 4.16. The van der Waals surface area contributed by atoms with Gasteiger partial charge in [0, 0.05) is 18.2 Å². The van der Waals surface area contributed by atoms with Gasteiger partial charge in [-0.05, 0) is 6.26 Å². The number of hydrogen-bond acceptors (Lipinski definition) is 5. The lowest BCUT2D eigenvalue weighted by Gasteiger charge is -2.09. The highest BCUT2D eigenvalue weighted by Gasteiger charge is 2.19. The summed E-state index contributed by atoms with van der Waals surface area (Å²) in [6.45, 7) is 1.31. The topological polar surface area (TPSA) is 48.2 Å². The van der Waals surface area contributed by atoms with Crippen molar-refractivity contribution in [1.82, 2.24) is 9.97 Å². The van der Waals surface area contributed by atoms with Crippen LogP contribution in [0, 0.1) is 0 Å². The zero-order valence-corrected chi connectivity index (χ0v) is 9.13. The van der Waals surface area contributed by atoms with E-state index in [1.807, 2.05) is 12.5 Å². The molecule has 3 heterocycles. The number of ether oxygens (including phenoxy) is 1. The fourth-order valence-corrected chi connectivity index (χ4v) is 2.12. The van der Waals surface area contributed by atoms with Crippen molar-refractivity contribution in [1.29, 1.82) is 0 Å². The monoisotopic (exact) mass is 222 g/mol. The van der Waals surface area contributed by atoms with E-state index >= 15 is 0 Å². The van der Waals surface area contributed by atoms with E-state index in [-0.39, 0.29) is 0 Å². The Kier molecular flexibility index (Phi) is 2.14. The summed E-state index contributed by atoms with van der Waals surface area (Å²) in [4.78, 5) is 8.59. The van der Waals surface area contributed by atoms with E-state index in [2.05, 4.69) is 9.97 Å². The molecule has 0 fully saturated rings. The summed E-state index contributed by atoms with van der Waals surface area (Å²) in [6, 6.07) is 0. The summed E-state index contributed by atoms with van der Waals surface area (Å²) in [6.07, 6.45) is 4.69. The largest absolute Gasteiger partial charge is 0.440 e. The van der Waals surface area contributed by atoms with Crippen LogP contribution in [0.1, 0.15) is 11.3 Å². The average Bonchev–Trinajstić information content (AvgIpc) is 2.66. The molecule has 15 heavy (non-hydrogen) atoms. The fourth-order valence-electron chi connectivity index (χ4n) is 1.79. The molecule has 2 aromatic heterocycles. The summed E-state index contributed by atoms with van der Waals surface area (Å²) in [5, 5.41) is 1.78. The molecule has 3 rings (SSSR count). The van der Waals surface area contributed by atoms with Gasteiger partial charge in [0.05, 0.1) is 12.0 Å². The smallest absolute Gasteiger partial charge is 0.230 e. The molecule has 78 valence electrons. The van der Waals surface area contributed by atoms with Crippen molar-refractivity contribution in [3.63, 3.8) is 0 Å². The highest BCUT2D eigenvalue weighted by atomic mass is 32.2. The van der Waals surface area contributed by atoms with Crippen molar-refractivity contribution >= 4 is 22.9 Å². The van der Waals surface area contributed by atoms with Crippen LogP contribution < -0.4 is 0 Å². The Morgan fingerprint density at radius 3 is 3.27 bits per heavy atom. The zero-order chi connectivity index (χ0) is 10.3. The lowest BCUT2D eigenvalue weighted by atomic mass is 10.1. The molecule has 0 amide bonds. The molecule has 0 N–H and O–H groups in total. The molecule has 0 aromatic carbocycles. The van der Waals surface area contributed by atoms with Gasteiger partial charge in [0.25, 0.3) is 0 Å². The minimum atomic E-state index is 0.556. The normalized spacial score (nSPS) is 15.5. The molecule has 1 aliphatic rings. The molecule has 0 aliphatic carbocycles. The van der Waals surface area contributed by atoms with Crippen LogP contribution in [0.15, 0.2) is 15.8 Å². The molecule has 0 saturated carbocycles. The van der Waals surface area contributed by atoms with Crippen LogP contribution in [0.25, 0.3) is 11.1 Å². The number of furan rings is 1. The molecule has 5 heteroatoms. The fraction of sp³-hybridized carbons (Fsp3) is 0.400. The first-order valence-electron chi connectivity index (χ1n) is 4.77. The van der Waals surface area contributed by atoms with Gasteiger partial charge in [0.15, 0.2) is 5.16 Å². The van der Waals surface area contributed by atoms with Gasteiger partial charge < -0.3 is 9.15 Å². The number of fused-ring (bicyclic) bond motifs is 3. The van der Waals surface area contributed by atoms with E-state index in [9.17, 15) is 0 Å². The van der Waals surface area contributed by atoms with E-state index in [4.69, 9.17) is 9.15 Å². The van der Waals surface area contributed by atoms with Gasteiger partial charge >= 0.3 is 0 Å². The number of aromatic nitrogens is 2.